The van der Waals surface area contributed by atoms with Crippen LogP contribution in [0.3, 0.4) is 0 Å². The molecule has 0 aromatic heterocycles. The minimum absolute atomic E-state index is 0.287. The molecule has 0 spiro atoms. The van der Waals surface area contributed by atoms with E-state index in [0.29, 0.717) is 19.9 Å². The van der Waals surface area contributed by atoms with Crippen LogP contribution in [0, 0.1) is 0 Å². The van der Waals surface area contributed by atoms with E-state index in [4.69, 9.17) is 9.84 Å². The fraction of sp³-hybridized carbons (Fsp3) is 1.00. The van der Waals surface area contributed by atoms with E-state index in [2.05, 4.69) is 5.32 Å². The Morgan fingerprint density at radius 2 is 2.33 bits per heavy atom. The normalized spacial score (nSPS) is 13.7. The first-order valence-electron chi connectivity index (χ1n) is 3.24. The van der Waals surface area contributed by atoms with Crippen LogP contribution < -0.4 is 5.32 Å². The molecule has 3 heteroatoms. The number of rotatable bonds is 5. The van der Waals surface area contributed by atoms with E-state index >= 15 is 0 Å². The molecule has 0 bridgehead atoms. The van der Waals surface area contributed by atoms with Crippen LogP contribution in [0.25, 0.3) is 0 Å². The monoisotopic (exact) mass is 133 g/mol. The van der Waals surface area contributed by atoms with Crippen LogP contribution in [0.1, 0.15) is 13.8 Å². The fourth-order valence-corrected chi connectivity index (χ4v) is 0.442. The highest BCUT2D eigenvalue weighted by atomic mass is 16.5. The Labute approximate surface area is 56.0 Å². The Balaban J connectivity index is 2.75. The standard InChI is InChI=1S/C6H15NO2/c1-3-9-5-7-4-6(2)8/h6-8H,3-5H2,1-2H3. The fourth-order valence-electron chi connectivity index (χ4n) is 0.442. The van der Waals surface area contributed by atoms with Crippen LogP contribution in [0.2, 0.25) is 0 Å². The molecule has 0 fully saturated rings. The van der Waals surface area contributed by atoms with Crippen molar-refractivity contribution in [2.24, 2.45) is 0 Å². The lowest BCUT2D eigenvalue weighted by Crippen LogP contribution is -2.26. The van der Waals surface area contributed by atoms with Crippen molar-refractivity contribution in [2.45, 2.75) is 20.0 Å². The van der Waals surface area contributed by atoms with E-state index < -0.39 is 0 Å². The first-order chi connectivity index (χ1) is 4.27. The lowest BCUT2D eigenvalue weighted by atomic mass is 10.4. The van der Waals surface area contributed by atoms with Gasteiger partial charge in [0, 0.05) is 13.2 Å². The maximum atomic E-state index is 8.73. The van der Waals surface area contributed by atoms with Crippen molar-refractivity contribution in [1.29, 1.82) is 0 Å². The Bertz CT molecular complexity index is 57.0. The predicted molar refractivity (Wildman–Crippen MR) is 36.2 cm³/mol. The second kappa shape index (κ2) is 6.01. The zero-order valence-electron chi connectivity index (χ0n) is 6.05. The summed E-state index contributed by atoms with van der Waals surface area (Å²) in [6.45, 7) is 5.51. The average molecular weight is 133 g/mol. The SMILES string of the molecule is CCOCNCC(C)O. The molecule has 3 nitrogen and oxygen atoms in total. The molecule has 0 aliphatic carbocycles. The largest absolute Gasteiger partial charge is 0.392 e. The van der Waals surface area contributed by atoms with Gasteiger partial charge in [0.05, 0.1) is 12.8 Å². The van der Waals surface area contributed by atoms with Gasteiger partial charge in [0.1, 0.15) is 0 Å². The molecule has 0 aromatic carbocycles. The molecule has 56 valence electrons. The molecule has 1 atom stereocenters. The highest BCUT2D eigenvalue weighted by Gasteiger charge is 1.91. The van der Waals surface area contributed by atoms with Crippen molar-refractivity contribution in [2.75, 3.05) is 19.9 Å². The van der Waals surface area contributed by atoms with Gasteiger partial charge in [0.25, 0.3) is 0 Å². The quantitative estimate of drug-likeness (QED) is 0.408. The third kappa shape index (κ3) is 7.88. The van der Waals surface area contributed by atoms with Crippen LogP contribution in [0.5, 0.6) is 0 Å². The highest BCUT2D eigenvalue weighted by Crippen LogP contribution is 1.74. The Hall–Kier alpha value is -0.120. The Morgan fingerprint density at radius 1 is 1.67 bits per heavy atom. The molecular formula is C6H15NO2. The third-order valence-electron chi connectivity index (χ3n) is 0.848. The van der Waals surface area contributed by atoms with E-state index in [1.54, 1.807) is 6.92 Å². The van der Waals surface area contributed by atoms with E-state index in [1.165, 1.54) is 0 Å². The molecule has 0 amide bonds. The Kier molecular flexibility index (Phi) is 5.93. The van der Waals surface area contributed by atoms with Crippen molar-refractivity contribution >= 4 is 0 Å². The van der Waals surface area contributed by atoms with Gasteiger partial charge in [-0.25, -0.2) is 0 Å². The smallest absolute Gasteiger partial charge is 0.0965 e. The number of aliphatic hydroxyl groups excluding tert-OH is 1. The summed E-state index contributed by atoms with van der Waals surface area (Å²) in [5.41, 5.74) is 0. The summed E-state index contributed by atoms with van der Waals surface area (Å²) >= 11 is 0. The molecule has 0 heterocycles. The van der Waals surface area contributed by atoms with Crippen molar-refractivity contribution in [1.82, 2.24) is 5.32 Å². The van der Waals surface area contributed by atoms with Crippen molar-refractivity contribution < 1.29 is 9.84 Å². The zero-order valence-corrected chi connectivity index (χ0v) is 6.05. The lowest BCUT2D eigenvalue weighted by molar-refractivity contribution is 0.110. The maximum Gasteiger partial charge on any atom is 0.0965 e. The molecule has 2 N–H and O–H groups in total. The molecule has 0 aliphatic rings. The second-order valence-corrected chi connectivity index (χ2v) is 1.94. The third-order valence-corrected chi connectivity index (χ3v) is 0.848. The molecule has 0 aromatic rings. The van der Waals surface area contributed by atoms with E-state index in [1.807, 2.05) is 6.92 Å². The summed E-state index contributed by atoms with van der Waals surface area (Å²) in [6, 6.07) is 0. The van der Waals surface area contributed by atoms with Gasteiger partial charge in [-0.05, 0) is 13.8 Å². The van der Waals surface area contributed by atoms with Crippen LogP contribution in [-0.4, -0.2) is 31.1 Å². The average Bonchev–Trinajstić information content (AvgIpc) is 1.80. The maximum absolute atomic E-state index is 8.73. The van der Waals surface area contributed by atoms with Gasteiger partial charge in [-0.2, -0.15) is 0 Å². The highest BCUT2D eigenvalue weighted by molar-refractivity contribution is 4.47. The first kappa shape index (κ1) is 8.88. The van der Waals surface area contributed by atoms with Gasteiger partial charge in [0.2, 0.25) is 0 Å². The zero-order chi connectivity index (χ0) is 7.11. The summed E-state index contributed by atoms with van der Waals surface area (Å²) < 4.78 is 4.96. The molecule has 9 heavy (non-hydrogen) atoms. The predicted octanol–water partition coefficient (Wildman–Crippen LogP) is -0.0492. The minimum Gasteiger partial charge on any atom is -0.392 e. The second-order valence-electron chi connectivity index (χ2n) is 1.94. The molecule has 0 rings (SSSR count). The summed E-state index contributed by atoms with van der Waals surface area (Å²) in [4.78, 5) is 0. The van der Waals surface area contributed by atoms with Crippen LogP contribution in [0.4, 0.5) is 0 Å². The summed E-state index contributed by atoms with van der Waals surface area (Å²) in [6.07, 6.45) is -0.287. The van der Waals surface area contributed by atoms with Crippen LogP contribution in [-0.2, 0) is 4.74 Å². The number of hydrogen-bond donors (Lipinski definition) is 2. The first-order valence-corrected chi connectivity index (χ1v) is 3.24. The van der Waals surface area contributed by atoms with Gasteiger partial charge >= 0.3 is 0 Å². The number of nitrogens with one attached hydrogen (secondary N) is 1. The van der Waals surface area contributed by atoms with E-state index in [9.17, 15) is 0 Å². The Morgan fingerprint density at radius 3 is 2.78 bits per heavy atom. The number of ether oxygens (including phenoxy) is 1. The number of hydrogen-bond acceptors (Lipinski definition) is 3. The molecule has 1 unspecified atom stereocenters. The molecule has 0 aliphatic heterocycles. The van der Waals surface area contributed by atoms with Crippen molar-refractivity contribution in [3.8, 4) is 0 Å². The number of aliphatic hydroxyl groups is 1. The van der Waals surface area contributed by atoms with Crippen molar-refractivity contribution in [3.05, 3.63) is 0 Å². The minimum atomic E-state index is -0.287. The lowest BCUT2D eigenvalue weighted by Gasteiger charge is -2.05. The van der Waals surface area contributed by atoms with E-state index in [0.717, 1.165) is 0 Å². The topological polar surface area (TPSA) is 41.5 Å². The van der Waals surface area contributed by atoms with Gasteiger partial charge in [-0.3, -0.25) is 5.32 Å². The summed E-state index contributed by atoms with van der Waals surface area (Å²) in [5.74, 6) is 0. The van der Waals surface area contributed by atoms with Crippen LogP contribution in [0.15, 0.2) is 0 Å². The van der Waals surface area contributed by atoms with Gasteiger partial charge in [-0.15, -0.1) is 0 Å². The molecule has 0 saturated carbocycles. The molecule has 0 radical (unpaired) electrons. The van der Waals surface area contributed by atoms with Crippen LogP contribution >= 0.6 is 0 Å². The summed E-state index contributed by atoms with van der Waals surface area (Å²) in [5, 5.41) is 11.6. The molecule has 0 saturated heterocycles. The van der Waals surface area contributed by atoms with Crippen molar-refractivity contribution in [3.63, 3.8) is 0 Å². The van der Waals surface area contributed by atoms with Gasteiger partial charge < -0.3 is 9.84 Å². The van der Waals surface area contributed by atoms with E-state index in [-0.39, 0.29) is 6.10 Å². The molecular weight excluding hydrogens is 118 g/mol. The van der Waals surface area contributed by atoms with Gasteiger partial charge in [-0.1, -0.05) is 0 Å². The summed E-state index contributed by atoms with van der Waals surface area (Å²) in [7, 11) is 0. The van der Waals surface area contributed by atoms with Gasteiger partial charge in [0.15, 0.2) is 0 Å².